The van der Waals surface area contributed by atoms with Gasteiger partial charge in [-0.3, -0.25) is 4.90 Å². The second-order valence-corrected chi connectivity index (χ2v) is 13.6. The minimum atomic E-state index is -0.0452. The Bertz CT molecular complexity index is 969. The Morgan fingerprint density at radius 2 is 1.54 bits per heavy atom. The average Bonchev–Trinajstić information content (AvgIpc) is 2.76. The number of hydrogen-bond acceptors (Lipinski definition) is 3. The van der Waals surface area contributed by atoms with E-state index in [0.717, 1.165) is 18.7 Å². The minimum Gasteiger partial charge on any atom is -0.467 e. The van der Waals surface area contributed by atoms with E-state index in [1.807, 2.05) is 0 Å². The molecule has 2 aromatic rings. The SMILES string of the molecule is CCC(C)(Pc1c(C)cccc1CN(C(C)C)C(C)C)c1cc(C)cc(C(C)(C)C)c1OCOC. The van der Waals surface area contributed by atoms with Gasteiger partial charge in [0.2, 0.25) is 0 Å². The molecule has 0 N–H and O–H groups in total. The highest BCUT2D eigenvalue weighted by atomic mass is 31.1. The van der Waals surface area contributed by atoms with Gasteiger partial charge in [0.25, 0.3) is 0 Å². The van der Waals surface area contributed by atoms with Crippen LogP contribution in [-0.2, 0) is 21.9 Å². The molecule has 0 spiro atoms. The van der Waals surface area contributed by atoms with Gasteiger partial charge in [-0.1, -0.05) is 79.1 Å². The van der Waals surface area contributed by atoms with Gasteiger partial charge in [-0.25, -0.2) is 0 Å². The summed E-state index contributed by atoms with van der Waals surface area (Å²) >= 11 is 0. The number of rotatable bonds is 11. The van der Waals surface area contributed by atoms with Gasteiger partial charge in [0.05, 0.1) is 0 Å². The van der Waals surface area contributed by atoms with Crippen LogP contribution in [0.3, 0.4) is 0 Å². The van der Waals surface area contributed by atoms with Crippen LogP contribution in [0.1, 0.15) is 96.6 Å². The van der Waals surface area contributed by atoms with Crippen LogP contribution < -0.4 is 10.0 Å². The summed E-state index contributed by atoms with van der Waals surface area (Å²) in [6.45, 7) is 26.5. The molecule has 4 heteroatoms. The molecule has 2 rings (SSSR count). The highest BCUT2D eigenvalue weighted by Gasteiger charge is 2.34. The molecule has 2 atom stereocenters. The van der Waals surface area contributed by atoms with Crippen LogP contribution in [0.15, 0.2) is 30.3 Å². The Kier molecular flexibility index (Phi) is 10.4. The summed E-state index contributed by atoms with van der Waals surface area (Å²) in [6, 6.07) is 12.5. The van der Waals surface area contributed by atoms with Crippen molar-refractivity contribution in [2.75, 3.05) is 13.9 Å². The second-order valence-electron chi connectivity index (χ2n) is 11.8. The summed E-state index contributed by atoms with van der Waals surface area (Å²) in [5.41, 5.74) is 6.66. The van der Waals surface area contributed by atoms with E-state index in [9.17, 15) is 0 Å². The standard InChI is InChI=1S/C31H50NO2P/c1-13-31(11,27-18-23(6)17-26(30(8,9)10)28(27)34-20-33-12)35-29-24(7)15-14-16-25(29)19-32(21(2)3)22(4)5/h14-18,21-22,35H,13,19-20H2,1-12H3. The molecular weight excluding hydrogens is 449 g/mol. The molecule has 0 saturated carbocycles. The van der Waals surface area contributed by atoms with Crippen LogP contribution in [0, 0.1) is 13.8 Å². The van der Waals surface area contributed by atoms with Crippen molar-refractivity contribution in [2.24, 2.45) is 0 Å². The maximum atomic E-state index is 6.35. The van der Waals surface area contributed by atoms with E-state index in [1.54, 1.807) is 7.11 Å². The molecule has 0 aliphatic carbocycles. The highest BCUT2D eigenvalue weighted by molar-refractivity contribution is 7.48. The van der Waals surface area contributed by atoms with Gasteiger partial charge in [0.1, 0.15) is 5.75 Å². The van der Waals surface area contributed by atoms with Crippen molar-refractivity contribution in [3.63, 3.8) is 0 Å². The average molecular weight is 500 g/mol. The number of nitrogens with zero attached hydrogens (tertiary/aromatic N) is 1. The molecule has 2 unspecified atom stereocenters. The van der Waals surface area contributed by atoms with Crippen LogP contribution in [-0.4, -0.2) is 30.9 Å². The molecule has 0 fully saturated rings. The van der Waals surface area contributed by atoms with Crippen LogP contribution in [0.25, 0.3) is 0 Å². The van der Waals surface area contributed by atoms with E-state index in [4.69, 9.17) is 9.47 Å². The van der Waals surface area contributed by atoms with Crippen molar-refractivity contribution in [1.29, 1.82) is 0 Å². The summed E-state index contributed by atoms with van der Waals surface area (Å²) in [6.07, 6.45) is 1.04. The zero-order chi connectivity index (χ0) is 26.6. The smallest absolute Gasteiger partial charge is 0.188 e. The Morgan fingerprint density at radius 1 is 0.943 bits per heavy atom. The summed E-state index contributed by atoms with van der Waals surface area (Å²) in [5, 5.41) is 1.45. The number of aryl methyl sites for hydroxylation is 2. The van der Waals surface area contributed by atoms with Crippen molar-refractivity contribution in [3.05, 3.63) is 58.1 Å². The molecule has 0 aliphatic heterocycles. The second kappa shape index (κ2) is 12.2. The van der Waals surface area contributed by atoms with E-state index in [1.165, 1.54) is 33.1 Å². The maximum Gasteiger partial charge on any atom is 0.188 e. The predicted molar refractivity (Wildman–Crippen MR) is 155 cm³/mol. The molecule has 0 bridgehead atoms. The van der Waals surface area contributed by atoms with Gasteiger partial charge in [-0.2, -0.15) is 0 Å². The molecule has 196 valence electrons. The lowest BCUT2D eigenvalue weighted by atomic mass is 9.81. The molecule has 0 aliphatic rings. The topological polar surface area (TPSA) is 21.7 Å². The summed E-state index contributed by atoms with van der Waals surface area (Å²) < 4.78 is 11.7. The van der Waals surface area contributed by atoms with Crippen molar-refractivity contribution in [2.45, 2.75) is 112 Å². The summed E-state index contributed by atoms with van der Waals surface area (Å²) in [7, 11) is 2.34. The molecule has 0 saturated heterocycles. The maximum absolute atomic E-state index is 6.35. The first-order chi connectivity index (χ1) is 16.2. The predicted octanol–water partition coefficient (Wildman–Crippen LogP) is 7.83. The van der Waals surface area contributed by atoms with Crippen LogP contribution in [0.5, 0.6) is 5.75 Å². The Labute approximate surface area is 217 Å². The van der Waals surface area contributed by atoms with Crippen LogP contribution in [0.4, 0.5) is 0 Å². The first-order valence-corrected chi connectivity index (χ1v) is 14.1. The summed E-state index contributed by atoms with van der Waals surface area (Å²) in [4.78, 5) is 2.59. The van der Waals surface area contributed by atoms with Gasteiger partial charge in [-0.05, 0) is 69.8 Å². The molecular formula is C31H50NO2P. The number of methoxy groups -OCH3 is 1. The number of ether oxygens (including phenoxy) is 2. The third-order valence-corrected chi connectivity index (χ3v) is 9.24. The van der Waals surface area contributed by atoms with Gasteiger partial charge in [0, 0.05) is 42.0 Å². The van der Waals surface area contributed by atoms with Crippen molar-refractivity contribution >= 4 is 13.9 Å². The fraction of sp³-hybridized carbons (Fsp3) is 0.613. The molecule has 35 heavy (non-hydrogen) atoms. The number of hydrogen-bond donors (Lipinski definition) is 0. The number of benzene rings is 2. The largest absolute Gasteiger partial charge is 0.467 e. The van der Waals surface area contributed by atoms with E-state index in [-0.39, 0.29) is 17.4 Å². The van der Waals surface area contributed by atoms with Gasteiger partial charge >= 0.3 is 0 Å². The zero-order valence-corrected chi connectivity index (χ0v) is 25.4. The lowest BCUT2D eigenvalue weighted by molar-refractivity contribution is 0.0487. The Balaban J connectivity index is 2.67. The Hall–Kier alpha value is -1.41. The third-order valence-electron chi connectivity index (χ3n) is 7.10. The normalized spacial score (nSPS) is 14.5. The molecule has 3 nitrogen and oxygen atoms in total. The van der Waals surface area contributed by atoms with E-state index in [2.05, 4.69) is 111 Å². The van der Waals surface area contributed by atoms with Gasteiger partial charge < -0.3 is 9.47 Å². The van der Waals surface area contributed by atoms with E-state index < -0.39 is 0 Å². The monoisotopic (exact) mass is 499 g/mol. The fourth-order valence-corrected chi connectivity index (χ4v) is 6.49. The molecule has 0 heterocycles. The first-order valence-electron chi connectivity index (χ1n) is 13.1. The Morgan fingerprint density at radius 3 is 2.06 bits per heavy atom. The molecule has 2 aromatic carbocycles. The summed E-state index contributed by atoms with van der Waals surface area (Å²) in [5.74, 6) is 1.00. The third kappa shape index (κ3) is 7.31. The van der Waals surface area contributed by atoms with Crippen LogP contribution >= 0.6 is 8.58 Å². The van der Waals surface area contributed by atoms with Crippen molar-refractivity contribution < 1.29 is 9.47 Å². The lowest BCUT2D eigenvalue weighted by Gasteiger charge is -2.36. The van der Waals surface area contributed by atoms with Crippen molar-refractivity contribution in [3.8, 4) is 5.75 Å². The first kappa shape index (κ1) is 29.8. The lowest BCUT2D eigenvalue weighted by Crippen LogP contribution is -2.37. The molecule has 0 radical (unpaired) electrons. The van der Waals surface area contributed by atoms with E-state index >= 15 is 0 Å². The van der Waals surface area contributed by atoms with Gasteiger partial charge in [-0.15, -0.1) is 0 Å². The van der Waals surface area contributed by atoms with Crippen LogP contribution in [0.2, 0.25) is 0 Å². The van der Waals surface area contributed by atoms with Crippen molar-refractivity contribution in [1.82, 2.24) is 4.90 Å². The minimum absolute atomic E-state index is 0.0234. The zero-order valence-electron chi connectivity index (χ0n) is 24.4. The fourth-order valence-electron chi connectivity index (χ4n) is 4.83. The molecule has 0 amide bonds. The quantitative estimate of drug-likeness (QED) is 0.232. The molecule has 0 aromatic heterocycles. The van der Waals surface area contributed by atoms with E-state index in [0.29, 0.717) is 20.7 Å². The van der Waals surface area contributed by atoms with Gasteiger partial charge in [0.15, 0.2) is 6.79 Å². The highest BCUT2D eigenvalue weighted by Crippen LogP contribution is 2.51.